The van der Waals surface area contributed by atoms with E-state index in [1.807, 2.05) is 18.2 Å². The maximum absolute atomic E-state index is 12.8. The number of aromatic nitrogens is 1. The molecule has 2 N–H and O–H groups in total. The van der Waals surface area contributed by atoms with Crippen molar-refractivity contribution in [1.82, 2.24) is 15.2 Å². The van der Waals surface area contributed by atoms with Gasteiger partial charge in [-0.2, -0.15) is 0 Å². The molecule has 1 fully saturated rings. The Morgan fingerprint density at radius 1 is 1.26 bits per heavy atom. The lowest BCUT2D eigenvalue weighted by Gasteiger charge is -2.26. The molecule has 0 unspecified atom stereocenters. The van der Waals surface area contributed by atoms with Crippen LogP contribution in [0.25, 0.3) is 0 Å². The summed E-state index contributed by atoms with van der Waals surface area (Å²) in [6.07, 6.45) is 1.95. The molecule has 3 rings (SSSR count). The van der Waals surface area contributed by atoms with Gasteiger partial charge in [-0.3, -0.25) is 10.2 Å². The van der Waals surface area contributed by atoms with Crippen LogP contribution in [0.3, 0.4) is 0 Å². The number of carbonyl (C=O) groups excluding carboxylic acids is 1. The van der Waals surface area contributed by atoms with Crippen LogP contribution in [0, 0.1) is 5.82 Å². The minimum Gasteiger partial charge on any atom is -0.333 e. The van der Waals surface area contributed by atoms with E-state index < -0.39 is 5.82 Å². The molecular formula is C17H19FN4O. The lowest BCUT2D eigenvalue weighted by molar-refractivity contribution is 0.240. The van der Waals surface area contributed by atoms with Gasteiger partial charge in [-0.1, -0.05) is 30.3 Å². The number of likely N-dealkylation sites (tertiary alicyclic amines) is 1. The van der Waals surface area contributed by atoms with E-state index in [0.717, 1.165) is 19.2 Å². The number of amides is 2. The zero-order valence-corrected chi connectivity index (χ0v) is 12.9. The second-order valence-electron chi connectivity index (χ2n) is 5.69. The number of halogens is 1. The molecule has 2 atom stereocenters. The first-order valence-electron chi connectivity index (χ1n) is 7.58. The van der Waals surface area contributed by atoms with Crippen molar-refractivity contribution in [2.24, 2.45) is 0 Å². The number of pyridine rings is 1. The third-order valence-corrected chi connectivity index (χ3v) is 4.08. The molecule has 0 aliphatic carbocycles. The highest BCUT2D eigenvalue weighted by molar-refractivity contribution is 5.88. The lowest BCUT2D eigenvalue weighted by Crippen LogP contribution is -2.41. The van der Waals surface area contributed by atoms with Crippen LogP contribution < -0.4 is 10.6 Å². The van der Waals surface area contributed by atoms with Crippen LogP contribution in [0.5, 0.6) is 0 Å². The first-order chi connectivity index (χ1) is 11.1. The van der Waals surface area contributed by atoms with E-state index in [-0.39, 0.29) is 18.1 Å². The van der Waals surface area contributed by atoms with Gasteiger partial charge in [-0.05, 0) is 31.2 Å². The molecule has 120 valence electrons. The molecular weight excluding hydrogens is 295 g/mol. The maximum Gasteiger partial charge on any atom is 0.320 e. The predicted molar refractivity (Wildman–Crippen MR) is 86.6 cm³/mol. The van der Waals surface area contributed by atoms with Crippen molar-refractivity contribution < 1.29 is 9.18 Å². The van der Waals surface area contributed by atoms with Gasteiger partial charge in [0.25, 0.3) is 0 Å². The summed E-state index contributed by atoms with van der Waals surface area (Å²) in [5, 5.41) is 5.63. The van der Waals surface area contributed by atoms with Crippen molar-refractivity contribution in [3.8, 4) is 0 Å². The molecule has 0 spiro atoms. The van der Waals surface area contributed by atoms with E-state index in [4.69, 9.17) is 0 Å². The van der Waals surface area contributed by atoms with Gasteiger partial charge in [0.2, 0.25) is 0 Å². The monoisotopic (exact) mass is 314 g/mol. The first-order valence-corrected chi connectivity index (χ1v) is 7.58. The maximum atomic E-state index is 12.8. The van der Waals surface area contributed by atoms with Gasteiger partial charge in [0.1, 0.15) is 11.6 Å². The Balaban J connectivity index is 1.66. The van der Waals surface area contributed by atoms with Gasteiger partial charge in [0, 0.05) is 6.54 Å². The van der Waals surface area contributed by atoms with Crippen molar-refractivity contribution >= 4 is 11.8 Å². The number of benzene rings is 1. The van der Waals surface area contributed by atoms with Gasteiger partial charge in [-0.25, -0.2) is 14.2 Å². The number of carbonyl (C=O) groups is 1. The Morgan fingerprint density at radius 2 is 2.04 bits per heavy atom. The third kappa shape index (κ3) is 3.65. The van der Waals surface area contributed by atoms with Gasteiger partial charge in [0.15, 0.2) is 0 Å². The molecule has 23 heavy (non-hydrogen) atoms. The molecule has 2 aromatic rings. The average Bonchev–Trinajstić information content (AvgIpc) is 2.91. The highest BCUT2D eigenvalue weighted by Gasteiger charge is 2.33. The predicted octanol–water partition coefficient (Wildman–Crippen LogP) is 2.79. The Hall–Kier alpha value is -2.47. The number of likely N-dealkylation sites (N-methyl/N-ethyl adjacent to an activating group) is 1. The molecule has 0 bridgehead atoms. The fourth-order valence-electron chi connectivity index (χ4n) is 3.01. The third-order valence-electron chi connectivity index (χ3n) is 4.08. The van der Waals surface area contributed by atoms with Gasteiger partial charge < -0.3 is 5.32 Å². The standard InChI is InChI=1S/C17H19FN4O/c1-22-10-9-14(16(22)12-5-3-2-4-6-12)20-17(23)21-15-8-7-13(18)11-19-15/h2-8,11,14,16H,9-10H2,1H3,(H2,19,20,21,23)/t14-,16+/m0/s1. The summed E-state index contributed by atoms with van der Waals surface area (Å²) >= 11 is 0. The number of hydrogen-bond donors (Lipinski definition) is 2. The second-order valence-corrected chi connectivity index (χ2v) is 5.69. The topological polar surface area (TPSA) is 57.3 Å². The molecule has 1 aliphatic rings. The molecule has 0 radical (unpaired) electrons. The lowest BCUT2D eigenvalue weighted by atomic mass is 10.0. The summed E-state index contributed by atoms with van der Waals surface area (Å²) in [5.41, 5.74) is 1.18. The Kier molecular flexibility index (Phi) is 4.52. The molecule has 0 saturated carbocycles. The van der Waals surface area contributed by atoms with Crippen LogP contribution in [0.4, 0.5) is 15.0 Å². The van der Waals surface area contributed by atoms with Crippen LogP contribution in [-0.2, 0) is 0 Å². The fourth-order valence-corrected chi connectivity index (χ4v) is 3.01. The number of anilines is 1. The molecule has 1 aromatic heterocycles. The highest BCUT2D eigenvalue weighted by atomic mass is 19.1. The Morgan fingerprint density at radius 3 is 2.74 bits per heavy atom. The van der Waals surface area contributed by atoms with Crippen molar-refractivity contribution in [3.05, 3.63) is 60.0 Å². The minimum atomic E-state index is -0.433. The first kappa shape index (κ1) is 15.4. The average molecular weight is 314 g/mol. The van der Waals surface area contributed by atoms with Gasteiger partial charge >= 0.3 is 6.03 Å². The fraction of sp³-hybridized carbons (Fsp3) is 0.294. The quantitative estimate of drug-likeness (QED) is 0.916. The summed E-state index contributed by atoms with van der Waals surface area (Å²) in [6.45, 7) is 0.916. The number of hydrogen-bond acceptors (Lipinski definition) is 3. The SMILES string of the molecule is CN1CC[C@H](NC(=O)Nc2ccc(F)cn2)[C@H]1c1ccccc1. The van der Waals surface area contributed by atoms with E-state index in [1.165, 1.54) is 17.7 Å². The molecule has 1 saturated heterocycles. The number of nitrogens with one attached hydrogen (secondary N) is 2. The largest absolute Gasteiger partial charge is 0.333 e. The summed E-state index contributed by atoms with van der Waals surface area (Å²) in [5.74, 6) is -0.107. The van der Waals surface area contributed by atoms with Crippen LogP contribution in [0.1, 0.15) is 18.0 Å². The van der Waals surface area contributed by atoms with E-state index >= 15 is 0 Å². The normalized spacial score (nSPS) is 21.1. The van der Waals surface area contributed by atoms with Gasteiger partial charge in [0.05, 0.1) is 18.3 Å². The highest BCUT2D eigenvalue weighted by Crippen LogP contribution is 2.30. The molecule has 1 aromatic carbocycles. The second kappa shape index (κ2) is 6.75. The van der Waals surface area contributed by atoms with Crippen molar-refractivity contribution in [3.63, 3.8) is 0 Å². The number of rotatable bonds is 3. The van der Waals surface area contributed by atoms with Crippen molar-refractivity contribution in [2.45, 2.75) is 18.5 Å². The van der Waals surface area contributed by atoms with Crippen molar-refractivity contribution in [2.75, 3.05) is 18.9 Å². The molecule has 1 aliphatic heterocycles. The van der Waals surface area contributed by atoms with E-state index in [2.05, 4.69) is 39.7 Å². The van der Waals surface area contributed by atoms with E-state index in [9.17, 15) is 9.18 Å². The zero-order valence-electron chi connectivity index (χ0n) is 12.9. The molecule has 2 amide bonds. The number of urea groups is 1. The molecule has 2 heterocycles. The van der Waals surface area contributed by atoms with E-state index in [1.54, 1.807) is 0 Å². The van der Waals surface area contributed by atoms with Crippen LogP contribution in [-0.4, -0.2) is 35.5 Å². The molecule has 5 nitrogen and oxygen atoms in total. The minimum absolute atomic E-state index is 0.0165. The summed E-state index contributed by atoms with van der Waals surface area (Å²) in [4.78, 5) is 18.2. The summed E-state index contributed by atoms with van der Waals surface area (Å²) in [6, 6.07) is 12.6. The Bertz CT molecular complexity index is 662. The Labute approximate surface area is 134 Å². The van der Waals surface area contributed by atoms with Crippen LogP contribution >= 0.6 is 0 Å². The van der Waals surface area contributed by atoms with Crippen molar-refractivity contribution in [1.29, 1.82) is 0 Å². The van der Waals surface area contributed by atoms with Crippen LogP contribution in [0.15, 0.2) is 48.7 Å². The summed E-state index contributed by atoms with van der Waals surface area (Å²) in [7, 11) is 2.05. The van der Waals surface area contributed by atoms with Crippen LogP contribution in [0.2, 0.25) is 0 Å². The smallest absolute Gasteiger partial charge is 0.320 e. The number of nitrogens with zero attached hydrogens (tertiary/aromatic N) is 2. The zero-order chi connectivity index (χ0) is 16.2. The van der Waals surface area contributed by atoms with E-state index in [0.29, 0.717) is 5.82 Å². The van der Waals surface area contributed by atoms with Gasteiger partial charge in [-0.15, -0.1) is 0 Å². The molecule has 6 heteroatoms. The summed E-state index contributed by atoms with van der Waals surface area (Å²) < 4.78 is 12.8.